The van der Waals surface area contributed by atoms with Crippen LogP contribution < -0.4 is 15.8 Å². The maximum absolute atomic E-state index is 12.9. The quantitative estimate of drug-likeness (QED) is 0.453. The van der Waals surface area contributed by atoms with Gasteiger partial charge in [0.15, 0.2) is 11.6 Å². The van der Waals surface area contributed by atoms with Gasteiger partial charge in [0.25, 0.3) is 11.5 Å². The van der Waals surface area contributed by atoms with Crippen molar-refractivity contribution < 1.29 is 4.79 Å². The van der Waals surface area contributed by atoms with Gasteiger partial charge in [0.1, 0.15) is 5.69 Å². The number of amides is 1. The highest BCUT2D eigenvalue weighted by molar-refractivity contribution is 6.30. The predicted octanol–water partition coefficient (Wildman–Crippen LogP) is 3.55. The summed E-state index contributed by atoms with van der Waals surface area (Å²) in [6.45, 7) is 2.03. The number of benzene rings is 2. The molecular formula is C25H20ClN7O2. The minimum atomic E-state index is -0.279. The number of aromatic nitrogens is 3. The topological polar surface area (TPSA) is 118 Å². The van der Waals surface area contributed by atoms with Gasteiger partial charge in [0, 0.05) is 43.0 Å². The lowest BCUT2D eigenvalue weighted by atomic mass is 10.2. The van der Waals surface area contributed by atoms with E-state index in [1.165, 1.54) is 0 Å². The number of hydrogen-bond donors (Lipinski definition) is 2. The van der Waals surface area contributed by atoms with Crippen LogP contribution in [-0.4, -0.2) is 51.9 Å². The normalized spacial score (nSPS) is 13.5. The molecule has 0 atom stereocenters. The molecule has 1 fully saturated rings. The van der Waals surface area contributed by atoms with E-state index in [-0.39, 0.29) is 11.5 Å². The zero-order valence-electron chi connectivity index (χ0n) is 18.5. The third-order valence-electron chi connectivity index (χ3n) is 5.80. The van der Waals surface area contributed by atoms with Gasteiger partial charge in [-0.15, -0.1) is 0 Å². The van der Waals surface area contributed by atoms with E-state index in [0.717, 1.165) is 0 Å². The molecule has 3 heterocycles. The van der Waals surface area contributed by atoms with Gasteiger partial charge in [-0.25, -0.2) is 9.97 Å². The molecule has 2 aromatic heterocycles. The van der Waals surface area contributed by atoms with E-state index in [9.17, 15) is 14.9 Å². The van der Waals surface area contributed by atoms with Crippen molar-refractivity contribution in [2.45, 2.75) is 0 Å². The van der Waals surface area contributed by atoms with E-state index in [1.54, 1.807) is 65.7 Å². The summed E-state index contributed by atoms with van der Waals surface area (Å²) in [5.74, 6) is 0.921. The van der Waals surface area contributed by atoms with Crippen LogP contribution in [0.1, 0.15) is 15.9 Å². The third-order valence-corrected chi connectivity index (χ3v) is 6.06. The summed E-state index contributed by atoms with van der Waals surface area (Å²) < 4.78 is 0. The number of pyridine rings is 1. The first kappa shape index (κ1) is 22.4. The smallest absolute Gasteiger partial charge is 0.271 e. The number of aromatic amines is 1. The summed E-state index contributed by atoms with van der Waals surface area (Å²) in [6.07, 6.45) is 1.56. The molecule has 2 aromatic carbocycles. The van der Waals surface area contributed by atoms with E-state index in [1.807, 2.05) is 4.90 Å². The number of piperazine rings is 1. The van der Waals surface area contributed by atoms with Crippen molar-refractivity contribution in [3.8, 4) is 6.07 Å². The van der Waals surface area contributed by atoms with Crippen LogP contribution in [0.2, 0.25) is 5.02 Å². The number of nitrogens with one attached hydrogen (secondary N) is 2. The zero-order valence-corrected chi connectivity index (χ0v) is 19.3. The van der Waals surface area contributed by atoms with E-state index < -0.39 is 0 Å². The molecule has 35 heavy (non-hydrogen) atoms. The van der Waals surface area contributed by atoms with Gasteiger partial charge in [-0.1, -0.05) is 11.6 Å². The van der Waals surface area contributed by atoms with Gasteiger partial charge in [0.05, 0.1) is 22.7 Å². The number of carbonyl (C=O) groups is 1. The molecule has 1 saturated heterocycles. The highest BCUT2D eigenvalue weighted by Crippen LogP contribution is 2.28. The molecule has 0 radical (unpaired) electrons. The fourth-order valence-electron chi connectivity index (χ4n) is 3.96. The second-order valence-electron chi connectivity index (χ2n) is 8.04. The van der Waals surface area contributed by atoms with E-state index >= 15 is 0 Å². The van der Waals surface area contributed by atoms with Crippen LogP contribution in [0.5, 0.6) is 0 Å². The molecule has 1 aliphatic rings. The number of fused-ring (bicyclic) bond motifs is 1. The number of nitriles is 1. The average molecular weight is 486 g/mol. The van der Waals surface area contributed by atoms with Crippen molar-refractivity contribution >= 4 is 45.9 Å². The Morgan fingerprint density at radius 1 is 1.03 bits per heavy atom. The number of carbonyl (C=O) groups excluding carboxylic acids is 1. The van der Waals surface area contributed by atoms with Crippen LogP contribution in [-0.2, 0) is 0 Å². The second kappa shape index (κ2) is 9.44. The van der Waals surface area contributed by atoms with Gasteiger partial charge in [-0.3, -0.25) is 9.59 Å². The number of H-pyrrole nitrogens is 1. The average Bonchev–Trinajstić information content (AvgIpc) is 2.89. The highest BCUT2D eigenvalue weighted by atomic mass is 35.5. The van der Waals surface area contributed by atoms with Gasteiger partial charge < -0.3 is 20.1 Å². The number of hydrogen-bond acceptors (Lipinski definition) is 7. The van der Waals surface area contributed by atoms with Crippen molar-refractivity contribution in [3.05, 3.63) is 87.3 Å². The van der Waals surface area contributed by atoms with Gasteiger partial charge in [-0.2, -0.15) is 5.26 Å². The van der Waals surface area contributed by atoms with Crippen LogP contribution in [0, 0.1) is 11.3 Å². The predicted molar refractivity (Wildman–Crippen MR) is 134 cm³/mol. The Kier molecular flexibility index (Phi) is 6.04. The van der Waals surface area contributed by atoms with Crippen LogP contribution in [0.3, 0.4) is 0 Å². The monoisotopic (exact) mass is 485 g/mol. The first-order chi connectivity index (χ1) is 17.0. The Labute approximate surface area is 205 Å². The zero-order chi connectivity index (χ0) is 24.4. The van der Waals surface area contributed by atoms with Gasteiger partial charge in [0.2, 0.25) is 0 Å². The Balaban J connectivity index is 1.44. The number of anilines is 3. The molecule has 1 amide bonds. The Morgan fingerprint density at radius 2 is 1.80 bits per heavy atom. The molecule has 9 nitrogen and oxygen atoms in total. The minimum Gasteiger partial charge on any atom is -0.350 e. The lowest BCUT2D eigenvalue weighted by Gasteiger charge is -2.36. The largest absolute Gasteiger partial charge is 0.350 e. The number of nitrogens with zero attached hydrogens (tertiary/aromatic N) is 5. The van der Waals surface area contributed by atoms with E-state index in [2.05, 4.69) is 16.4 Å². The molecule has 0 aliphatic carbocycles. The molecule has 5 rings (SSSR count). The summed E-state index contributed by atoms with van der Waals surface area (Å²) in [5, 5.41) is 13.0. The number of rotatable bonds is 4. The maximum Gasteiger partial charge on any atom is 0.271 e. The van der Waals surface area contributed by atoms with Crippen molar-refractivity contribution in [2.24, 2.45) is 0 Å². The first-order valence-corrected chi connectivity index (χ1v) is 11.4. The van der Waals surface area contributed by atoms with Crippen LogP contribution in [0.25, 0.3) is 11.0 Å². The van der Waals surface area contributed by atoms with Crippen LogP contribution in [0.4, 0.5) is 17.3 Å². The van der Waals surface area contributed by atoms with E-state index in [0.29, 0.717) is 70.7 Å². The summed E-state index contributed by atoms with van der Waals surface area (Å²) in [5.41, 5.74) is 2.30. The first-order valence-electron chi connectivity index (χ1n) is 11.0. The molecule has 0 saturated carbocycles. The molecule has 0 spiro atoms. The fraction of sp³-hybridized carbons (Fsp3) is 0.160. The second-order valence-corrected chi connectivity index (χ2v) is 8.47. The van der Waals surface area contributed by atoms with Gasteiger partial charge >= 0.3 is 0 Å². The fourth-order valence-corrected chi connectivity index (χ4v) is 4.09. The molecule has 10 heteroatoms. The Morgan fingerprint density at radius 3 is 2.51 bits per heavy atom. The van der Waals surface area contributed by atoms with Crippen molar-refractivity contribution in [2.75, 3.05) is 36.4 Å². The summed E-state index contributed by atoms with van der Waals surface area (Å²) in [4.78, 5) is 41.1. The third kappa shape index (κ3) is 4.65. The van der Waals surface area contributed by atoms with Gasteiger partial charge in [-0.05, 0) is 54.6 Å². The number of halogens is 1. The van der Waals surface area contributed by atoms with E-state index in [4.69, 9.17) is 21.6 Å². The minimum absolute atomic E-state index is 0.0567. The lowest BCUT2D eigenvalue weighted by molar-refractivity contribution is 0.0746. The van der Waals surface area contributed by atoms with Crippen LogP contribution >= 0.6 is 11.6 Å². The molecule has 0 bridgehead atoms. The maximum atomic E-state index is 12.9. The van der Waals surface area contributed by atoms with Crippen molar-refractivity contribution in [1.29, 1.82) is 5.26 Å². The van der Waals surface area contributed by atoms with Crippen LogP contribution in [0.15, 0.2) is 65.6 Å². The summed E-state index contributed by atoms with van der Waals surface area (Å²) in [7, 11) is 0. The lowest BCUT2D eigenvalue weighted by Crippen LogP contribution is -2.49. The molecule has 174 valence electrons. The molecule has 1 aliphatic heterocycles. The van der Waals surface area contributed by atoms with Crippen molar-refractivity contribution in [3.63, 3.8) is 0 Å². The summed E-state index contributed by atoms with van der Waals surface area (Å²) >= 11 is 5.94. The SMILES string of the molecule is N#Cc1ccc2nc(Nc3ccc[nH]c3=O)c(N3CCN(C(=O)c4ccc(Cl)cc4)CC3)nc2c1. The standard InChI is InChI=1S/C25H20ClN7O2/c26-18-6-4-17(5-7-18)25(35)33-12-10-32(11-13-33)23-22(30-20-2-1-9-28-24(20)34)29-19-8-3-16(15-27)14-21(19)31-23/h1-9,14H,10-13H2,(H,28,34)(H,29,30). The Hall–Kier alpha value is -4.42. The Bertz CT molecular complexity index is 1500. The summed E-state index contributed by atoms with van der Waals surface area (Å²) in [6, 6.07) is 17.4. The highest BCUT2D eigenvalue weighted by Gasteiger charge is 2.25. The molecular weight excluding hydrogens is 466 g/mol. The van der Waals surface area contributed by atoms with Crippen molar-refractivity contribution in [1.82, 2.24) is 19.9 Å². The molecule has 0 unspecified atom stereocenters. The molecule has 4 aromatic rings. The molecule has 2 N–H and O–H groups in total.